The van der Waals surface area contributed by atoms with Crippen LogP contribution in [0.15, 0.2) is 29.8 Å². The number of aromatic nitrogens is 2. The molecule has 2 N–H and O–H groups in total. The third-order valence-electron chi connectivity index (χ3n) is 2.64. The number of hydrogen-bond acceptors (Lipinski definition) is 4. The molecule has 0 spiro atoms. The maximum absolute atomic E-state index is 11.7. The number of urea groups is 1. The van der Waals surface area contributed by atoms with Gasteiger partial charge in [-0.15, -0.1) is 11.3 Å². The number of nitrogens with one attached hydrogen (secondary N) is 2. The number of thiophene rings is 1. The number of hydrogen-bond donors (Lipinski definition) is 2. The molecule has 2 rings (SSSR count). The van der Waals surface area contributed by atoms with E-state index >= 15 is 0 Å². The summed E-state index contributed by atoms with van der Waals surface area (Å²) in [5, 5.41) is 11.7. The Labute approximate surface area is 121 Å². The number of nitrogens with zero attached hydrogens (tertiary/aromatic N) is 2. The molecule has 0 aliphatic carbocycles. The number of ether oxygens (including phenoxy) is 1. The Morgan fingerprint density at radius 3 is 3.15 bits per heavy atom. The van der Waals surface area contributed by atoms with Crippen molar-refractivity contribution in [1.82, 2.24) is 15.1 Å². The Hall–Kier alpha value is -1.86. The molecule has 0 aliphatic rings. The highest BCUT2D eigenvalue weighted by atomic mass is 32.1. The molecule has 108 valence electrons. The van der Waals surface area contributed by atoms with Gasteiger partial charge in [-0.05, 0) is 17.9 Å². The van der Waals surface area contributed by atoms with Gasteiger partial charge in [-0.25, -0.2) is 4.79 Å². The van der Waals surface area contributed by atoms with Gasteiger partial charge in [0.1, 0.15) is 0 Å². The lowest BCUT2D eigenvalue weighted by atomic mass is 10.3. The summed E-state index contributed by atoms with van der Waals surface area (Å²) in [5.74, 6) is 0.537. The summed E-state index contributed by atoms with van der Waals surface area (Å²) in [5.41, 5.74) is 0. The van der Waals surface area contributed by atoms with E-state index in [1.165, 1.54) is 4.88 Å². The molecule has 0 fully saturated rings. The normalized spacial score (nSPS) is 10.4. The first kappa shape index (κ1) is 14.5. The fourth-order valence-electron chi connectivity index (χ4n) is 1.65. The lowest BCUT2D eigenvalue weighted by Crippen LogP contribution is -2.30. The van der Waals surface area contributed by atoms with E-state index in [0.29, 0.717) is 25.5 Å². The molecule has 0 aliphatic heterocycles. The van der Waals surface area contributed by atoms with Gasteiger partial charge in [-0.1, -0.05) is 6.07 Å². The Kier molecular flexibility index (Phi) is 5.57. The molecule has 0 saturated carbocycles. The zero-order valence-corrected chi connectivity index (χ0v) is 12.2. The van der Waals surface area contributed by atoms with Crippen molar-refractivity contribution in [2.45, 2.75) is 13.0 Å². The van der Waals surface area contributed by atoms with Gasteiger partial charge in [0.05, 0.1) is 13.2 Å². The van der Waals surface area contributed by atoms with Crippen molar-refractivity contribution >= 4 is 23.2 Å². The molecule has 2 amide bonds. The van der Waals surface area contributed by atoms with Crippen molar-refractivity contribution in [3.8, 4) is 0 Å². The second kappa shape index (κ2) is 7.66. The van der Waals surface area contributed by atoms with Gasteiger partial charge in [0, 0.05) is 30.8 Å². The van der Waals surface area contributed by atoms with Gasteiger partial charge < -0.3 is 10.1 Å². The molecule has 2 aromatic heterocycles. The Balaban J connectivity index is 1.69. The van der Waals surface area contributed by atoms with E-state index in [9.17, 15) is 4.79 Å². The monoisotopic (exact) mass is 294 g/mol. The van der Waals surface area contributed by atoms with Gasteiger partial charge in [0.15, 0.2) is 5.82 Å². The third-order valence-corrected chi connectivity index (χ3v) is 3.58. The lowest BCUT2D eigenvalue weighted by molar-refractivity contribution is 0.183. The highest BCUT2D eigenvalue weighted by Gasteiger charge is 2.04. The molecular formula is C13H18N4O2S. The van der Waals surface area contributed by atoms with Crippen LogP contribution >= 0.6 is 11.3 Å². The summed E-state index contributed by atoms with van der Waals surface area (Å²) in [6.07, 6.45) is 2.65. The van der Waals surface area contributed by atoms with Gasteiger partial charge in [0.2, 0.25) is 0 Å². The smallest absolute Gasteiger partial charge is 0.320 e. The predicted molar refractivity (Wildman–Crippen MR) is 79.1 cm³/mol. The summed E-state index contributed by atoms with van der Waals surface area (Å²) >= 11 is 1.69. The number of amides is 2. The summed E-state index contributed by atoms with van der Waals surface area (Å²) in [4.78, 5) is 12.9. The molecular weight excluding hydrogens is 276 g/mol. The van der Waals surface area contributed by atoms with Crippen molar-refractivity contribution in [1.29, 1.82) is 0 Å². The van der Waals surface area contributed by atoms with Crippen molar-refractivity contribution in [2.24, 2.45) is 0 Å². The van der Waals surface area contributed by atoms with Crippen LogP contribution in [0.4, 0.5) is 10.6 Å². The van der Waals surface area contributed by atoms with E-state index in [-0.39, 0.29) is 6.03 Å². The zero-order valence-electron chi connectivity index (χ0n) is 11.3. The molecule has 0 aromatic carbocycles. The number of carbonyl (C=O) groups is 1. The van der Waals surface area contributed by atoms with Crippen LogP contribution in [-0.2, 0) is 17.7 Å². The maximum atomic E-state index is 11.7. The fraction of sp³-hybridized carbons (Fsp3) is 0.385. The molecule has 0 radical (unpaired) electrons. The highest BCUT2D eigenvalue weighted by Crippen LogP contribution is 2.08. The summed E-state index contributed by atoms with van der Waals surface area (Å²) in [7, 11) is 1.64. The van der Waals surface area contributed by atoms with E-state index in [1.807, 2.05) is 11.4 Å². The molecule has 0 bridgehead atoms. The quantitative estimate of drug-likeness (QED) is 0.820. The van der Waals surface area contributed by atoms with Gasteiger partial charge in [-0.2, -0.15) is 5.10 Å². The number of rotatable bonds is 7. The first-order valence-electron chi connectivity index (χ1n) is 6.37. The van der Waals surface area contributed by atoms with E-state index in [4.69, 9.17) is 4.74 Å². The minimum atomic E-state index is -0.237. The first-order valence-corrected chi connectivity index (χ1v) is 7.25. The van der Waals surface area contributed by atoms with Crippen LogP contribution in [0.3, 0.4) is 0 Å². The van der Waals surface area contributed by atoms with Crippen molar-refractivity contribution < 1.29 is 9.53 Å². The second-order valence-corrected chi connectivity index (χ2v) is 5.20. The minimum absolute atomic E-state index is 0.237. The predicted octanol–water partition coefficient (Wildman–Crippen LogP) is 1.96. The number of carbonyl (C=O) groups excluding carboxylic acids is 1. The Bertz CT molecular complexity index is 524. The SMILES string of the molecule is COCCn1ccc(NC(=O)NCCc2cccs2)n1. The lowest BCUT2D eigenvalue weighted by Gasteiger charge is -2.04. The highest BCUT2D eigenvalue weighted by molar-refractivity contribution is 7.09. The van der Waals surface area contributed by atoms with Crippen LogP contribution in [0.2, 0.25) is 0 Å². The first-order chi connectivity index (χ1) is 9.78. The summed E-state index contributed by atoms with van der Waals surface area (Å²) in [6, 6.07) is 5.58. The van der Waals surface area contributed by atoms with Crippen LogP contribution in [0.5, 0.6) is 0 Å². The molecule has 2 aromatic rings. The number of anilines is 1. The number of methoxy groups -OCH3 is 1. The van der Waals surface area contributed by atoms with E-state index in [0.717, 1.165) is 6.42 Å². The fourth-order valence-corrected chi connectivity index (χ4v) is 2.36. The van der Waals surface area contributed by atoms with Gasteiger partial charge >= 0.3 is 6.03 Å². The van der Waals surface area contributed by atoms with Gasteiger partial charge in [0.25, 0.3) is 0 Å². The van der Waals surface area contributed by atoms with E-state index in [1.54, 1.807) is 35.4 Å². The minimum Gasteiger partial charge on any atom is -0.383 e. The van der Waals surface area contributed by atoms with Crippen molar-refractivity contribution in [3.63, 3.8) is 0 Å². The van der Waals surface area contributed by atoms with Crippen LogP contribution in [0.25, 0.3) is 0 Å². The largest absolute Gasteiger partial charge is 0.383 e. The van der Waals surface area contributed by atoms with E-state index < -0.39 is 0 Å². The molecule has 6 nitrogen and oxygen atoms in total. The molecule has 0 saturated heterocycles. The van der Waals surface area contributed by atoms with Crippen molar-refractivity contribution in [2.75, 3.05) is 25.6 Å². The third kappa shape index (κ3) is 4.67. The second-order valence-electron chi connectivity index (χ2n) is 4.17. The zero-order chi connectivity index (χ0) is 14.2. The van der Waals surface area contributed by atoms with Crippen LogP contribution in [0.1, 0.15) is 4.88 Å². The Morgan fingerprint density at radius 2 is 2.40 bits per heavy atom. The molecule has 7 heteroatoms. The van der Waals surface area contributed by atoms with Crippen LogP contribution in [0, 0.1) is 0 Å². The van der Waals surface area contributed by atoms with Gasteiger partial charge in [-0.3, -0.25) is 10.00 Å². The molecule has 0 unspecified atom stereocenters. The van der Waals surface area contributed by atoms with Crippen molar-refractivity contribution in [3.05, 3.63) is 34.7 Å². The standard InChI is InChI=1S/C13H18N4O2S/c1-19-9-8-17-7-5-12(16-17)15-13(18)14-6-4-11-3-2-10-20-11/h2-3,5,7,10H,4,6,8-9H2,1H3,(H2,14,15,16,18). The van der Waals surface area contributed by atoms with E-state index in [2.05, 4.69) is 21.8 Å². The molecule has 0 atom stereocenters. The molecule has 20 heavy (non-hydrogen) atoms. The summed E-state index contributed by atoms with van der Waals surface area (Å²) in [6.45, 7) is 1.86. The topological polar surface area (TPSA) is 68.2 Å². The van der Waals surface area contributed by atoms with Crippen LogP contribution in [-0.4, -0.2) is 36.1 Å². The molecule has 2 heterocycles. The average Bonchev–Trinajstić information content (AvgIpc) is 3.08. The maximum Gasteiger partial charge on any atom is 0.320 e. The van der Waals surface area contributed by atoms with Crippen LogP contribution < -0.4 is 10.6 Å². The average molecular weight is 294 g/mol. The summed E-state index contributed by atoms with van der Waals surface area (Å²) < 4.78 is 6.69. The Morgan fingerprint density at radius 1 is 1.50 bits per heavy atom.